The fourth-order valence-corrected chi connectivity index (χ4v) is 3.41. The quantitative estimate of drug-likeness (QED) is 0.813. The van der Waals surface area contributed by atoms with Gasteiger partial charge in [-0.15, -0.1) is 0 Å². The Labute approximate surface area is 110 Å². The fourth-order valence-electron chi connectivity index (χ4n) is 2.48. The van der Waals surface area contributed by atoms with Crippen LogP contribution in [0.5, 0.6) is 0 Å². The van der Waals surface area contributed by atoms with Crippen molar-refractivity contribution in [1.82, 2.24) is 5.32 Å². The Hall–Kier alpha value is -0.180. The number of aliphatic imine (C=N–C) groups is 1. The molecule has 0 bridgehead atoms. The lowest BCUT2D eigenvalue weighted by atomic mass is 9.71. The van der Waals surface area contributed by atoms with E-state index in [1.807, 2.05) is 11.8 Å². The summed E-state index contributed by atoms with van der Waals surface area (Å²) < 4.78 is 0. The molecule has 1 aliphatic heterocycles. The van der Waals surface area contributed by atoms with Gasteiger partial charge in [0.25, 0.3) is 0 Å². The zero-order valence-electron chi connectivity index (χ0n) is 11.7. The average molecular weight is 254 g/mol. The maximum absolute atomic E-state index is 4.81. The third kappa shape index (κ3) is 3.40. The highest BCUT2D eigenvalue weighted by atomic mass is 32.2. The lowest BCUT2D eigenvalue weighted by Crippen LogP contribution is -2.46. The van der Waals surface area contributed by atoms with Gasteiger partial charge in [-0.1, -0.05) is 45.9 Å². The van der Waals surface area contributed by atoms with E-state index in [9.17, 15) is 0 Å². The van der Waals surface area contributed by atoms with Crippen LogP contribution in [0.15, 0.2) is 4.99 Å². The molecule has 3 heteroatoms. The van der Waals surface area contributed by atoms with Crippen LogP contribution in [0.3, 0.4) is 0 Å². The first kappa shape index (κ1) is 13.3. The molecule has 98 valence electrons. The van der Waals surface area contributed by atoms with E-state index in [0.717, 1.165) is 6.54 Å². The first-order chi connectivity index (χ1) is 7.89. The van der Waals surface area contributed by atoms with Gasteiger partial charge in [0.15, 0.2) is 5.17 Å². The topological polar surface area (TPSA) is 24.4 Å². The Morgan fingerprint density at radius 2 is 2.12 bits per heavy atom. The van der Waals surface area contributed by atoms with Gasteiger partial charge in [-0.05, 0) is 30.1 Å². The molecular weight excluding hydrogens is 228 g/mol. The van der Waals surface area contributed by atoms with Crippen molar-refractivity contribution in [2.24, 2.45) is 15.8 Å². The zero-order valence-corrected chi connectivity index (χ0v) is 12.5. The Balaban J connectivity index is 1.90. The first-order valence-electron chi connectivity index (χ1n) is 6.83. The molecule has 1 heterocycles. The number of hydrogen-bond donors (Lipinski definition) is 1. The maximum atomic E-state index is 4.81. The first-order valence-corrected chi connectivity index (χ1v) is 7.81. The van der Waals surface area contributed by atoms with E-state index in [4.69, 9.17) is 4.99 Å². The monoisotopic (exact) mass is 254 g/mol. The SMILES string of the molecule is CC1(CN=C2NC(C(C)(C)C)CCS2)CCC1. The standard InChI is InChI=1S/C14H26N2S/c1-13(2,3)11-6-9-17-12(16-11)15-10-14(4)7-5-8-14/h11H,5-10H2,1-4H3,(H,15,16). The third-order valence-corrected chi connectivity index (χ3v) is 5.11. The van der Waals surface area contributed by atoms with Gasteiger partial charge in [-0.3, -0.25) is 4.99 Å². The van der Waals surface area contributed by atoms with E-state index in [-0.39, 0.29) is 0 Å². The molecule has 0 radical (unpaired) electrons. The number of nitrogens with zero attached hydrogens (tertiary/aromatic N) is 1. The second-order valence-electron chi connectivity index (χ2n) is 6.99. The molecule has 0 aromatic rings. The predicted octanol–water partition coefficient (Wildman–Crippen LogP) is 3.67. The van der Waals surface area contributed by atoms with Gasteiger partial charge in [0.2, 0.25) is 0 Å². The van der Waals surface area contributed by atoms with Crippen LogP contribution in [0, 0.1) is 10.8 Å². The van der Waals surface area contributed by atoms with Gasteiger partial charge in [0.05, 0.1) is 0 Å². The fraction of sp³-hybridized carbons (Fsp3) is 0.929. The lowest BCUT2D eigenvalue weighted by molar-refractivity contribution is 0.173. The molecule has 1 aliphatic carbocycles. The van der Waals surface area contributed by atoms with Crippen LogP contribution in [0.2, 0.25) is 0 Å². The van der Waals surface area contributed by atoms with E-state index in [1.165, 1.54) is 36.6 Å². The van der Waals surface area contributed by atoms with Crippen molar-refractivity contribution in [2.75, 3.05) is 12.3 Å². The molecule has 1 N–H and O–H groups in total. The Morgan fingerprint density at radius 3 is 2.65 bits per heavy atom. The normalized spacial score (nSPS) is 30.8. The van der Waals surface area contributed by atoms with Gasteiger partial charge in [0, 0.05) is 18.3 Å². The van der Waals surface area contributed by atoms with Crippen molar-refractivity contribution < 1.29 is 0 Å². The summed E-state index contributed by atoms with van der Waals surface area (Å²) in [6.07, 6.45) is 5.37. The highest BCUT2D eigenvalue weighted by Crippen LogP contribution is 2.40. The number of amidine groups is 1. The van der Waals surface area contributed by atoms with E-state index in [2.05, 4.69) is 33.0 Å². The summed E-state index contributed by atoms with van der Waals surface area (Å²) >= 11 is 1.90. The number of hydrogen-bond acceptors (Lipinski definition) is 2. The molecule has 0 amide bonds. The minimum absolute atomic E-state index is 0.335. The van der Waals surface area contributed by atoms with Crippen molar-refractivity contribution in [3.8, 4) is 0 Å². The molecule has 17 heavy (non-hydrogen) atoms. The van der Waals surface area contributed by atoms with Crippen LogP contribution in [-0.2, 0) is 0 Å². The van der Waals surface area contributed by atoms with E-state index in [1.54, 1.807) is 0 Å². The smallest absolute Gasteiger partial charge is 0.156 e. The maximum Gasteiger partial charge on any atom is 0.156 e. The van der Waals surface area contributed by atoms with E-state index < -0.39 is 0 Å². The number of nitrogens with one attached hydrogen (secondary N) is 1. The molecule has 1 unspecified atom stereocenters. The molecule has 2 rings (SSSR count). The summed E-state index contributed by atoms with van der Waals surface area (Å²) in [5, 5.41) is 4.81. The molecule has 1 saturated carbocycles. The van der Waals surface area contributed by atoms with Gasteiger partial charge in [-0.25, -0.2) is 0 Å². The Kier molecular flexibility index (Phi) is 3.77. The van der Waals surface area contributed by atoms with Crippen LogP contribution in [0.1, 0.15) is 53.4 Å². The van der Waals surface area contributed by atoms with Crippen LogP contribution in [0.4, 0.5) is 0 Å². The number of rotatable bonds is 2. The minimum atomic E-state index is 0.335. The number of thioether (sulfide) groups is 1. The highest BCUT2D eigenvalue weighted by molar-refractivity contribution is 8.13. The molecule has 2 fully saturated rings. The van der Waals surface area contributed by atoms with Gasteiger partial charge >= 0.3 is 0 Å². The molecular formula is C14H26N2S. The zero-order chi connectivity index (χ0) is 12.5. The molecule has 0 spiro atoms. The third-order valence-electron chi connectivity index (χ3n) is 4.15. The van der Waals surface area contributed by atoms with Crippen molar-refractivity contribution in [1.29, 1.82) is 0 Å². The van der Waals surface area contributed by atoms with Crippen molar-refractivity contribution >= 4 is 16.9 Å². The van der Waals surface area contributed by atoms with Crippen molar-refractivity contribution in [3.63, 3.8) is 0 Å². The largest absolute Gasteiger partial charge is 0.362 e. The summed E-state index contributed by atoms with van der Waals surface area (Å²) in [5.41, 5.74) is 0.839. The summed E-state index contributed by atoms with van der Waals surface area (Å²) in [6, 6.07) is 0.580. The van der Waals surface area contributed by atoms with Crippen molar-refractivity contribution in [2.45, 2.75) is 59.4 Å². The van der Waals surface area contributed by atoms with Gasteiger partial charge in [0.1, 0.15) is 0 Å². The lowest BCUT2D eigenvalue weighted by Gasteiger charge is -2.38. The van der Waals surface area contributed by atoms with Crippen LogP contribution in [-0.4, -0.2) is 23.5 Å². The van der Waals surface area contributed by atoms with E-state index >= 15 is 0 Å². The van der Waals surface area contributed by atoms with E-state index in [0.29, 0.717) is 16.9 Å². The predicted molar refractivity (Wildman–Crippen MR) is 77.7 cm³/mol. The van der Waals surface area contributed by atoms with Gasteiger partial charge in [-0.2, -0.15) is 0 Å². The summed E-state index contributed by atoms with van der Waals surface area (Å²) in [7, 11) is 0. The second kappa shape index (κ2) is 4.83. The van der Waals surface area contributed by atoms with Crippen LogP contribution >= 0.6 is 11.8 Å². The molecule has 2 nitrogen and oxygen atoms in total. The van der Waals surface area contributed by atoms with Crippen LogP contribution in [0.25, 0.3) is 0 Å². The van der Waals surface area contributed by atoms with Crippen molar-refractivity contribution in [3.05, 3.63) is 0 Å². The Bertz CT molecular complexity index is 300. The summed E-state index contributed by atoms with van der Waals surface area (Å²) in [6.45, 7) is 10.3. The Morgan fingerprint density at radius 1 is 1.41 bits per heavy atom. The molecule has 1 atom stereocenters. The minimum Gasteiger partial charge on any atom is -0.362 e. The van der Waals surface area contributed by atoms with Crippen LogP contribution < -0.4 is 5.32 Å². The summed E-state index contributed by atoms with van der Waals surface area (Å²) in [5.74, 6) is 1.21. The molecule has 2 aliphatic rings. The highest BCUT2D eigenvalue weighted by Gasteiger charge is 2.32. The average Bonchev–Trinajstić information content (AvgIpc) is 2.23. The van der Waals surface area contributed by atoms with Gasteiger partial charge < -0.3 is 5.32 Å². The second-order valence-corrected chi connectivity index (χ2v) is 8.07. The molecule has 1 saturated heterocycles. The molecule has 0 aromatic heterocycles. The summed E-state index contributed by atoms with van der Waals surface area (Å²) in [4.78, 5) is 4.81. The molecule has 0 aromatic carbocycles.